The monoisotopic (exact) mass is 479 g/mol. The van der Waals surface area contributed by atoms with E-state index in [0.717, 1.165) is 25.2 Å². The molecule has 4 heterocycles. The molecule has 1 aliphatic rings. The summed E-state index contributed by atoms with van der Waals surface area (Å²) in [7, 11) is 0. The van der Waals surface area contributed by atoms with Crippen molar-refractivity contribution in [1.82, 2.24) is 29.6 Å². The van der Waals surface area contributed by atoms with Gasteiger partial charge < -0.3 is 10.6 Å². The second-order valence-corrected chi connectivity index (χ2v) is 9.32. The summed E-state index contributed by atoms with van der Waals surface area (Å²) in [6, 6.07) is 8.79. The van der Waals surface area contributed by atoms with E-state index < -0.39 is 17.9 Å². The SMILES string of the molecule is CCn1c(=O)c2cnc(Nc3ccc4c(c3)CCNC4)nc2n1-c1nc(C(C)(C)CF)ccc1F. The van der Waals surface area contributed by atoms with Crippen molar-refractivity contribution in [3.8, 4) is 5.82 Å². The summed E-state index contributed by atoms with van der Waals surface area (Å²) in [6.07, 6.45) is 2.37. The summed E-state index contributed by atoms with van der Waals surface area (Å²) in [5, 5.41) is 6.79. The van der Waals surface area contributed by atoms with E-state index in [-0.39, 0.29) is 34.9 Å². The van der Waals surface area contributed by atoms with Crippen LogP contribution in [-0.4, -0.2) is 37.5 Å². The Morgan fingerprint density at radius 3 is 2.77 bits per heavy atom. The van der Waals surface area contributed by atoms with Crippen molar-refractivity contribution in [1.29, 1.82) is 0 Å². The van der Waals surface area contributed by atoms with E-state index in [4.69, 9.17) is 0 Å². The van der Waals surface area contributed by atoms with Gasteiger partial charge in [-0.05, 0) is 55.3 Å². The Morgan fingerprint density at radius 2 is 2.00 bits per heavy atom. The quantitative estimate of drug-likeness (QED) is 0.438. The van der Waals surface area contributed by atoms with E-state index >= 15 is 4.39 Å². The molecule has 1 aliphatic heterocycles. The predicted octanol–water partition coefficient (Wildman–Crippen LogP) is 3.77. The molecule has 0 aliphatic carbocycles. The first-order chi connectivity index (χ1) is 16.8. The molecule has 5 rings (SSSR count). The highest BCUT2D eigenvalue weighted by molar-refractivity contribution is 5.77. The molecule has 2 N–H and O–H groups in total. The number of fused-ring (bicyclic) bond motifs is 2. The zero-order valence-electron chi connectivity index (χ0n) is 19.9. The summed E-state index contributed by atoms with van der Waals surface area (Å²) >= 11 is 0. The molecule has 0 amide bonds. The number of halogens is 2. The van der Waals surface area contributed by atoms with Gasteiger partial charge in [-0.3, -0.25) is 9.18 Å². The maximum Gasteiger partial charge on any atom is 0.278 e. The van der Waals surface area contributed by atoms with Crippen molar-refractivity contribution < 1.29 is 8.78 Å². The number of hydrogen-bond acceptors (Lipinski definition) is 6. The van der Waals surface area contributed by atoms with Crippen molar-refractivity contribution in [3.63, 3.8) is 0 Å². The molecule has 0 fully saturated rings. The minimum atomic E-state index is -0.910. The molecule has 0 radical (unpaired) electrons. The van der Waals surface area contributed by atoms with Crippen LogP contribution in [0.25, 0.3) is 16.9 Å². The van der Waals surface area contributed by atoms with Gasteiger partial charge in [-0.25, -0.2) is 23.7 Å². The second-order valence-electron chi connectivity index (χ2n) is 9.32. The molecular formula is C25H27F2N7O. The van der Waals surface area contributed by atoms with Gasteiger partial charge in [0.2, 0.25) is 5.95 Å². The lowest BCUT2D eigenvalue weighted by Gasteiger charge is -2.21. The van der Waals surface area contributed by atoms with Gasteiger partial charge in [0.1, 0.15) is 12.1 Å². The number of rotatable bonds is 6. The first kappa shape index (κ1) is 23.1. The summed E-state index contributed by atoms with van der Waals surface area (Å²) < 4.78 is 31.4. The van der Waals surface area contributed by atoms with Gasteiger partial charge in [-0.15, -0.1) is 0 Å². The molecule has 0 spiro atoms. The Bertz CT molecular complexity index is 1470. The van der Waals surface area contributed by atoms with E-state index in [1.807, 2.05) is 6.07 Å². The van der Waals surface area contributed by atoms with E-state index in [1.165, 1.54) is 38.8 Å². The van der Waals surface area contributed by atoms with Gasteiger partial charge in [0.25, 0.3) is 5.56 Å². The average Bonchev–Trinajstić information content (AvgIpc) is 3.14. The molecule has 35 heavy (non-hydrogen) atoms. The minimum absolute atomic E-state index is 0.107. The van der Waals surface area contributed by atoms with Crippen molar-refractivity contribution in [2.45, 2.75) is 45.7 Å². The maximum atomic E-state index is 15.1. The van der Waals surface area contributed by atoms with Crippen LogP contribution in [0, 0.1) is 5.82 Å². The summed E-state index contributed by atoms with van der Waals surface area (Å²) in [4.78, 5) is 26.4. The van der Waals surface area contributed by atoms with Crippen LogP contribution in [0.3, 0.4) is 0 Å². The molecule has 182 valence electrons. The van der Waals surface area contributed by atoms with Gasteiger partial charge in [0.05, 0.1) is 5.69 Å². The highest BCUT2D eigenvalue weighted by Crippen LogP contribution is 2.26. The lowest BCUT2D eigenvalue weighted by atomic mass is 9.90. The number of nitrogens with zero attached hydrogens (tertiary/aromatic N) is 5. The van der Waals surface area contributed by atoms with Gasteiger partial charge >= 0.3 is 0 Å². The fourth-order valence-electron chi connectivity index (χ4n) is 4.30. The Kier molecular flexibility index (Phi) is 5.84. The van der Waals surface area contributed by atoms with Crippen LogP contribution >= 0.6 is 0 Å². The van der Waals surface area contributed by atoms with Crippen LogP contribution in [0.1, 0.15) is 37.6 Å². The number of benzene rings is 1. The first-order valence-corrected chi connectivity index (χ1v) is 11.6. The summed E-state index contributed by atoms with van der Waals surface area (Å²) in [5.74, 6) is -0.475. The topological polar surface area (TPSA) is 89.7 Å². The van der Waals surface area contributed by atoms with E-state index in [9.17, 15) is 9.18 Å². The standard InChI is InChI=1S/C25H27F2N7O/c1-4-33-23(35)18-13-29-24(30-17-6-5-16-12-28-10-9-15(16)11-17)32-21(18)34(33)22-19(27)7-8-20(31-22)25(2,3)14-26/h5-8,11,13,28H,4,9-10,12,14H2,1-3H3,(H,29,30,32). The number of nitrogens with one attached hydrogen (secondary N) is 2. The zero-order chi connectivity index (χ0) is 24.7. The Morgan fingerprint density at radius 1 is 1.17 bits per heavy atom. The second kappa shape index (κ2) is 8.84. The molecule has 4 aromatic rings. The number of alkyl halides is 1. The van der Waals surface area contributed by atoms with E-state index in [0.29, 0.717) is 5.69 Å². The molecule has 0 atom stereocenters. The zero-order valence-corrected chi connectivity index (χ0v) is 19.9. The molecule has 0 unspecified atom stereocenters. The third-order valence-electron chi connectivity index (χ3n) is 6.38. The Balaban J connectivity index is 1.63. The predicted molar refractivity (Wildman–Crippen MR) is 131 cm³/mol. The van der Waals surface area contributed by atoms with Crippen molar-refractivity contribution in [2.24, 2.45) is 0 Å². The lowest BCUT2D eigenvalue weighted by molar-refractivity contribution is 0.343. The highest BCUT2D eigenvalue weighted by Gasteiger charge is 2.26. The fourth-order valence-corrected chi connectivity index (χ4v) is 4.30. The van der Waals surface area contributed by atoms with Crippen LogP contribution in [0.15, 0.2) is 41.3 Å². The van der Waals surface area contributed by atoms with Crippen LogP contribution < -0.4 is 16.2 Å². The molecule has 8 nitrogen and oxygen atoms in total. The average molecular weight is 480 g/mol. The fraction of sp³-hybridized carbons (Fsp3) is 0.360. The molecule has 1 aromatic carbocycles. The number of hydrogen-bond donors (Lipinski definition) is 2. The van der Waals surface area contributed by atoms with Crippen molar-refractivity contribution >= 4 is 22.7 Å². The van der Waals surface area contributed by atoms with Crippen LogP contribution in [-0.2, 0) is 24.9 Å². The van der Waals surface area contributed by atoms with Crippen LogP contribution in [0.5, 0.6) is 0 Å². The minimum Gasteiger partial charge on any atom is -0.324 e. The number of anilines is 2. The third-order valence-corrected chi connectivity index (χ3v) is 6.38. The normalized spacial score (nSPS) is 13.7. The lowest BCUT2D eigenvalue weighted by Crippen LogP contribution is -2.25. The van der Waals surface area contributed by atoms with E-state index in [1.54, 1.807) is 20.8 Å². The molecule has 0 bridgehead atoms. The van der Waals surface area contributed by atoms with Gasteiger partial charge in [-0.2, -0.15) is 4.98 Å². The smallest absolute Gasteiger partial charge is 0.278 e. The molecule has 3 aromatic heterocycles. The maximum absolute atomic E-state index is 15.1. The molecule has 0 saturated heterocycles. The molecule has 10 heteroatoms. The van der Waals surface area contributed by atoms with Crippen LogP contribution in [0.4, 0.5) is 20.4 Å². The van der Waals surface area contributed by atoms with Crippen LogP contribution in [0.2, 0.25) is 0 Å². The van der Waals surface area contributed by atoms with Crippen molar-refractivity contribution in [3.05, 3.63) is 69.5 Å². The third kappa shape index (κ3) is 4.07. The summed E-state index contributed by atoms with van der Waals surface area (Å²) in [6.45, 7) is 6.52. The molecule has 0 saturated carbocycles. The van der Waals surface area contributed by atoms with Gasteiger partial charge in [-0.1, -0.05) is 19.9 Å². The number of pyridine rings is 1. The molecular weight excluding hydrogens is 452 g/mol. The Labute approximate surface area is 201 Å². The van der Waals surface area contributed by atoms with Gasteiger partial charge in [0, 0.05) is 30.4 Å². The van der Waals surface area contributed by atoms with Gasteiger partial charge in [0.15, 0.2) is 17.3 Å². The Hall–Kier alpha value is -3.66. The van der Waals surface area contributed by atoms with Crippen molar-refractivity contribution in [2.75, 3.05) is 18.5 Å². The van der Waals surface area contributed by atoms with E-state index in [2.05, 4.69) is 37.7 Å². The highest BCUT2D eigenvalue weighted by atomic mass is 19.1. The number of aromatic nitrogens is 5. The summed E-state index contributed by atoms with van der Waals surface area (Å²) in [5.41, 5.74) is 2.66. The largest absolute Gasteiger partial charge is 0.324 e. The first-order valence-electron chi connectivity index (χ1n) is 11.6.